The molecule has 1 saturated carbocycles. The molecule has 178 valence electrons. The summed E-state index contributed by atoms with van der Waals surface area (Å²) in [5, 5.41) is 30.6. The van der Waals surface area contributed by atoms with E-state index < -0.39 is 0 Å². The zero-order valence-corrected chi connectivity index (χ0v) is 19.7. The molecule has 3 aliphatic rings. The van der Waals surface area contributed by atoms with E-state index in [0.29, 0.717) is 45.5 Å². The Morgan fingerprint density at radius 1 is 1.09 bits per heavy atom. The van der Waals surface area contributed by atoms with Gasteiger partial charge in [-0.15, -0.1) is 5.10 Å². The van der Waals surface area contributed by atoms with Crippen molar-refractivity contribution < 1.29 is 4.74 Å². The third-order valence-corrected chi connectivity index (χ3v) is 7.01. The summed E-state index contributed by atoms with van der Waals surface area (Å²) < 4.78 is 6.79. The van der Waals surface area contributed by atoms with E-state index >= 15 is 0 Å². The number of rotatable bonds is 6. The molecule has 2 aliphatic heterocycles. The van der Waals surface area contributed by atoms with E-state index in [4.69, 9.17) is 16.3 Å². The fourth-order valence-electron chi connectivity index (χ4n) is 4.41. The summed E-state index contributed by atoms with van der Waals surface area (Å²) in [6.07, 6.45) is 3.60. The van der Waals surface area contributed by atoms with E-state index in [9.17, 15) is 10.5 Å². The molecule has 2 N–H and O–H groups in total. The summed E-state index contributed by atoms with van der Waals surface area (Å²) in [4.78, 5) is 13.6. The molecule has 0 amide bonds. The summed E-state index contributed by atoms with van der Waals surface area (Å²) in [6.45, 7) is 5.04. The minimum absolute atomic E-state index is 0.257. The fraction of sp³-hybridized carbons (Fsp3) is 0.435. The van der Waals surface area contributed by atoms with Crippen LogP contribution < -0.4 is 15.5 Å². The molecule has 12 heteroatoms. The summed E-state index contributed by atoms with van der Waals surface area (Å²) in [5.41, 5.74) is 2.61. The highest BCUT2D eigenvalue weighted by molar-refractivity contribution is 6.36. The number of anilines is 4. The van der Waals surface area contributed by atoms with E-state index in [0.717, 1.165) is 57.9 Å². The number of ether oxygens (including phenoxy) is 1. The summed E-state index contributed by atoms with van der Waals surface area (Å²) in [7, 11) is 0. The molecule has 0 unspecified atom stereocenters. The molecule has 35 heavy (non-hydrogen) atoms. The van der Waals surface area contributed by atoms with Crippen LogP contribution in [-0.2, 0) is 4.74 Å². The lowest BCUT2D eigenvalue weighted by Crippen LogP contribution is -2.56. The molecule has 2 saturated heterocycles. The lowest BCUT2D eigenvalue weighted by molar-refractivity contribution is -0.0660. The molecule has 11 nitrogen and oxygen atoms in total. The number of aromatic nitrogens is 4. The van der Waals surface area contributed by atoms with Gasteiger partial charge in [0, 0.05) is 32.2 Å². The molecular weight excluding hydrogens is 468 g/mol. The normalized spacial score (nSPS) is 18.7. The van der Waals surface area contributed by atoms with Gasteiger partial charge >= 0.3 is 0 Å². The smallest absolute Gasteiger partial charge is 0.247 e. The average Bonchev–Trinajstić information content (AvgIpc) is 3.56. The second kappa shape index (κ2) is 8.86. The summed E-state index contributed by atoms with van der Waals surface area (Å²) in [6, 6.07) is 8.69. The van der Waals surface area contributed by atoms with Gasteiger partial charge in [-0.25, -0.2) is 4.98 Å². The Hall–Kier alpha value is -3.64. The fourth-order valence-corrected chi connectivity index (χ4v) is 4.68. The van der Waals surface area contributed by atoms with Crippen molar-refractivity contribution in [3.05, 3.63) is 34.6 Å². The Bertz CT molecular complexity index is 1360. The van der Waals surface area contributed by atoms with E-state index in [2.05, 4.69) is 47.6 Å². The van der Waals surface area contributed by atoms with Crippen LogP contribution in [0.5, 0.6) is 0 Å². The van der Waals surface area contributed by atoms with E-state index in [1.807, 2.05) is 6.07 Å². The quantitative estimate of drug-likeness (QED) is 0.530. The van der Waals surface area contributed by atoms with Gasteiger partial charge in [-0.2, -0.15) is 20.0 Å². The number of hydrogen-bond acceptors (Lipinski definition) is 10. The number of imidazole rings is 1. The molecule has 6 rings (SSSR count). The van der Waals surface area contributed by atoms with Gasteiger partial charge in [-0.05, 0) is 25.0 Å². The van der Waals surface area contributed by atoms with Crippen LogP contribution in [0.3, 0.4) is 0 Å². The van der Waals surface area contributed by atoms with E-state index in [1.54, 1.807) is 6.07 Å². The third-order valence-electron chi connectivity index (χ3n) is 6.62. The van der Waals surface area contributed by atoms with Crippen molar-refractivity contribution in [2.75, 3.05) is 54.9 Å². The molecule has 2 aromatic heterocycles. The average molecular weight is 491 g/mol. The topological polar surface area (TPSA) is 130 Å². The van der Waals surface area contributed by atoms with Gasteiger partial charge in [0.15, 0.2) is 17.2 Å². The molecule has 1 aliphatic carbocycles. The monoisotopic (exact) mass is 490 g/mol. The highest BCUT2D eigenvalue weighted by atomic mass is 35.5. The number of fused-ring (bicyclic) bond motifs is 1. The number of halogens is 1. The molecule has 0 bridgehead atoms. The van der Waals surface area contributed by atoms with Gasteiger partial charge in [0.25, 0.3) is 0 Å². The first-order chi connectivity index (χ1) is 17.1. The molecular formula is C23H23ClN10O. The van der Waals surface area contributed by atoms with Gasteiger partial charge in [0.2, 0.25) is 5.95 Å². The van der Waals surface area contributed by atoms with Crippen molar-refractivity contribution in [3.8, 4) is 12.1 Å². The highest BCUT2D eigenvalue weighted by Crippen LogP contribution is 2.37. The van der Waals surface area contributed by atoms with Crippen LogP contribution in [0.1, 0.15) is 24.1 Å². The first-order valence-electron chi connectivity index (χ1n) is 11.6. The van der Waals surface area contributed by atoms with Crippen LogP contribution in [0.25, 0.3) is 5.65 Å². The van der Waals surface area contributed by atoms with Crippen molar-refractivity contribution in [1.82, 2.24) is 24.5 Å². The number of nitriles is 2. The minimum atomic E-state index is 0.257. The summed E-state index contributed by atoms with van der Waals surface area (Å²) >= 11 is 6.86. The zero-order chi connectivity index (χ0) is 23.9. The lowest BCUT2D eigenvalue weighted by atomic mass is 10.1. The first-order valence-corrected chi connectivity index (χ1v) is 12.0. The van der Waals surface area contributed by atoms with Crippen molar-refractivity contribution in [2.45, 2.75) is 24.9 Å². The Morgan fingerprint density at radius 2 is 1.89 bits per heavy atom. The molecule has 3 aromatic rings. The second-order valence-electron chi connectivity index (χ2n) is 9.00. The SMILES string of the molecule is N#Cc1cc(Nc2nc(NC3CC3)c3ncc(C#N)n3n2)c(Cl)c(N2CCN(C3COC3)CC2)c1. The van der Waals surface area contributed by atoms with E-state index in [1.165, 1.54) is 10.7 Å². The first kappa shape index (κ1) is 21.9. The third kappa shape index (κ3) is 4.19. The number of nitrogens with one attached hydrogen (secondary N) is 2. The van der Waals surface area contributed by atoms with Crippen LogP contribution in [0.4, 0.5) is 23.1 Å². The molecule has 0 atom stereocenters. The van der Waals surface area contributed by atoms with Gasteiger partial charge in [-0.1, -0.05) is 11.6 Å². The zero-order valence-electron chi connectivity index (χ0n) is 18.9. The van der Waals surface area contributed by atoms with Crippen LogP contribution in [0, 0.1) is 22.7 Å². The predicted molar refractivity (Wildman–Crippen MR) is 130 cm³/mol. The highest BCUT2D eigenvalue weighted by Gasteiger charge is 2.30. The van der Waals surface area contributed by atoms with Gasteiger partial charge in [-0.3, -0.25) is 4.90 Å². The van der Waals surface area contributed by atoms with E-state index in [-0.39, 0.29) is 5.95 Å². The number of nitrogens with zero attached hydrogens (tertiary/aromatic N) is 8. The lowest BCUT2D eigenvalue weighted by Gasteiger charge is -2.43. The van der Waals surface area contributed by atoms with Crippen molar-refractivity contribution >= 4 is 40.4 Å². The largest absolute Gasteiger partial charge is 0.378 e. The number of hydrogen-bond donors (Lipinski definition) is 2. The maximum atomic E-state index is 9.68. The maximum absolute atomic E-state index is 9.68. The molecule has 1 aromatic carbocycles. The molecule has 3 fully saturated rings. The Kier molecular flexibility index (Phi) is 5.53. The maximum Gasteiger partial charge on any atom is 0.247 e. The van der Waals surface area contributed by atoms with Crippen molar-refractivity contribution in [1.29, 1.82) is 10.5 Å². The summed E-state index contributed by atoms with van der Waals surface area (Å²) in [5.74, 6) is 0.809. The predicted octanol–water partition coefficient (Wildman–Crippen LogP) is 2.36. The van der Waals surface area contributed by atoms with Crippen LogP contribution in [-0.4, -0.2) is 76.0 Å². The Morgan fingerprint density at radius 3 is 2.54 bits per heavy atom. The second-order valence-corrected chi connectivity index (χ2v) is 9.38. The van der Waals surface area contributed by atoms with Crippen LogP contribution in [0.15, 0.2) is 18.3 Å². The number of benzene rings is 1. The molecule has 4 heterocycles. The standard InChI is InChI=1S/C23H23ClN10O/c24-20-18(7-14(9-25)8-19(20)33-5-3-32(4-6-33)17-12-35-13-17)29-23-30-21(28-15-1-2-15)22-27-11-16(10-26)34(22)31-23/h7-8,11,15,17H,1-6,12-13H2,(H2,28,29,30,31). The molecule has 0 radical (unpaired) electrons. The van der Waals surface area contributed by atoms with Gasteiger partial charge < -0.3 is 20.3 Å². The Balaban J connectivity index is 1.31. The van der Waals surface area contributed by atoms with Crippen LogP contribution in [0.2, 0.25) is 5.02 Å². The minimum Gasteiger partial charge on any atom is -0.378 e. The Labute approximate surface area is 206 Å². The van der Waals surface area contributed by atoms with Gasteiger partial charge in [0.05, 0.1) is 53.5 Å². The van der Waals surface area contributed by atoms with Crippen molar-refractivity contribution in [2.24, 2.45) is 0 Å². The van der Waals surface area contributed by atoms with Crippen LogP contribution >= 0.6 is 11.6 Å². The van der Waals surface area contributed by atoms with Crippen molar-refractivity contribution in [3.63, 3.8) is 0 Å². The molecule has 0 spiro atoms. The number of piperazine rings is 1. The van der Waals surface area contributed by atoms with Gasteiger partial charge in [0.1, 0.15) is 6.07 Å².